The highest BCUT2D eigenvalue weighted by atomic mass is 32.1. The van der Waals surface area contributed by atoms with E-state index in [0.717, 1.165) is 27.1 Å². The van der Waals surface area contributed by atoms with Crippen LogP contribution in [0.4, 0.5) is 5.69 Å². The molecule has 6 nitrogen and oxygen atoms in total. The second-order valence-electron chi connectivity index (χ2n) is 6.06. The number of thiophene rings is 1. The van der Waals surface area contributed by atoms with Crippen LogP contribution >= 0.6 is 11.3 Å². The van der Waals surface area contributed by atoms with E-state index in [1.165, 1.54) is 11.3 Å². The normalized spacial score (nSPS) is 12.3. The lowest BCUT2D eigenvalue weighted by Crippen LogP contribution is -2.14. The van der Waals surface area contributed by atoms with Crippen molar-refractivity contribution in [3.63, 3.8) is 0 Å². The van der Waals surface area contributed by atoms with Crippen LogP contribution in [-0.4, -0.2) is 22.1 Å². The molecular weight excluding hydrogens is 340 g/mol. The zero-order valence-corrected chi connectivity index (χ0v) is 14.9. The molecule has 0 bridgehead atoms. The van der Waals surface area contributed by atoms with Gasteiger partial charge in [0.25, 0.3) is 0 Å². The van der Waals surface area contributed by atoms with E-state index in [-0.39, 0.29) is 16.7 Å². The van der Waals surface area contributed by atoms with Crippen molar-refractivity contribution in [1.29, 1.82) is 0 Å². The van der Waals surface area contributed by atoms with Crippen molar-refractivity contribution >= 4 is 39.0 Å². The van der Waals surface area contributed by atoms with Crippen molar-refractivity contribution in [2.45, 2.75) is 33.1 Å². The predicted octanol–water partition coefficient (Wildman–Crippen LogP) is 4.34. The molecule has 3 rings (SSSR count). The van der Waals surface area contributed by atoms with Crippen LogP contribution in [0.5, 0.6) is 0 Å². The van der Waals surface area contributed by atoms with Gasteiger partial charge in [-0.2, -0.15) is 0 Å². The number of nitrogens with one attached hydrogen (secondary N) is 1. The Morgan fingerprint density at radius 2 is 2.08 bits per heavy atom. The van der Waals surface area contributed by atoms with Crippen LogP contribution < -0.4 is 5.32 Å². The maximum absolute atomic E-state index is 12.3. The number of amides is 1. The average molecular weight is 358 g/mol. The molecule has 3 aromatic rings. The van der Waals surface area contributed by atoms with Gasteiger partial charge in [0.2, 0.25) is 5.91 Å². The molecule has 0 radical (unpaired) electrons. The minimum Gasteiger partial charge on any atom is -0.477 e. The Bertz CT molecular complexity index is 938. The Kier molecular flexibility index (Phi) is 4.59. The summed E-state index contributed by atoms with van der Waals surface area (Å²) in [6, 6.07) is 7.00. The molecule has 1 aromatic carbocycles. The van der Waals surface area contributed by atoms with E-state index in [1.807, 2.05) is 26.8 Å². The zero-order valence-electron chi connectivity index (χ0n) is 14.1. The van der Waals surface area contributed by atoms with Crippen LogP contribution in [0.2, 0.25) is 0 Å². The lowest BCUT2D eigenvalue weighted by Gasteiger charge is -2.11. The molecule has 0 aliphatic carbocycles. The first-order valence-electron chi connectivity index (χ1n) is 7.84. The zero-order chi connectivity index (χ0) is 18.1. The van der Waals surface area contributed by atoms with E-state index in [2.05, 4.69) is 10.5 Å². The van der Waals surface area contributed by atoms with Gasteiger partial charge in [0, 0.05) is 22.4 Å². The summed E-state index contributed by atoms with van der Waals surface area (Å²) in [5.41, 5.74) is 2.42. The van der Waals surface area contributed by atoms with Crippen LogP contribution in [0.25, 0.3) is 10.1 Å². The lowest BCUT2D eigenvalue weighted by atomic mass is 9.96. The van der Waals surface area contributed by atoms with Crippen molar-refractivity contribution < 1.29 is 19.2 Å². The highest BCUT2D eigenvalue weighted by molar-refractivity contribution is 7.20. The first-order valence-corrected chi connectivity index (χ1v) is 8.66. The molecular formula is C18H18N2O4S. The summed E-state index contributed by atoms with van der Waals surface area (Å²) in [7, 11) is 0. The van der Waals surface area contributed by atoms with E-state index < -0.39 is 5.97 Å². The number of benzene rings is 1. The molecule has 25 heavy (non-hydrogen) atoms. The Morgan fingerprint density at radius 1 is 1.32 bits per heavy atom. The first-order chi connectivity index (χ1) is 11.8. The summed E-state index contributed by atoms with van der Waals surface area (Å²) >= 11 is 1.22. The number of anilines is 1. The largest absolute Gasteiger partial charge is 0.477 e. The lowest BCUT2D eigenvalue weighted by molar-refractivity contribution is -0.116. The number of nitrogens with zero attached hydrogens (tertiary/aromatic N) is 1. The molecule has 1 amide bonds. The summed E-state index contributed by atoms with van der Waals surface area (Å²) in [4.78, 5) is 23.7. The van der Waals surface area contributed by atoms with Crippen LogP contribution in [-0.2, 0) is 4.79 Å². The molecule has 0 saturated heterocycles. The maximum atomic E-state index is 12.3. The van der Waals surface area contributed by atoms with Gasteiger partial charge in [-0.25, -0.2) is 4.79 Å². The SMILES string of the molecule is Cc1noc(C)c1C(C)CC(=O)Nc1ccc2sc(C(=O)O)cc2c1. The Labute approximate surface area is 148 Å². The van der Waals surface area contributed by atoms with E-state index in [9.17, 15) is 9.59 Å². The number of carbonyl (C=O) groups excluding carboxylic acids is 1. The topological polar surface area (TPSA) is 92.4 Å². The quantitative estimate of drug-likeness (QED) is 0.708. The molecule has 0 saturated carbocycles. The Morgan fingerprint density at radius 3 is 2.72 bits per heavy atom. The fourth-order valence-corrected chi connectivity index (χ4v) is 3.89. The highest BCUT2D eigenvalue weighted by Gasteiger charge is 2.19. The predicted molar refractivity (Wildman–Crippen MR) is 96.4 cm³/mol. The summed E-state index contributed by atoms with van der Waals surface area (Å²) in [5, 5.41) is 16.7. The van der Waals surface area contributed by atoms with Gasteiger partial charge in [-0.05, 0) is 49.4 Å². The first kappa shape index (κ1) is 17.2. The van der Waals surface area contributed by atoms with Crippen LogP contribution in [0, 0.1) is 13.8 Å². The van der Waals surface area contributed by atoms with E-state index >= 15 is 0 Å². The number of hydrogen-bond acceptors (Lipinski definition) is 5. The van der Waals surface area contributed by atoms with Gasteiger partial charge in [0.1, 0.15) is 10.6 Å². The second-order valence-corrected chi connectivity index (χ2v) is 7.14. The molecule has 1 unspecified atom stereocenters. The number of aromatic carboxylic acids is 1. The number of carboxylic acids is 1. The maximum Gasteiger partial charge on any atom is 0.345 e. The minimum absolute atomic E-state index is 0.00487. The Balaban J connectivity index is 1.72. The van der Waals surface area contributed by atoms with Gasteiger partial charge in [0.05, 0.1) is 5.69 Å². The number of aromatic nitrogens is 1. The molecule has 2 N–H and O–H groups in total. The molecule has 1 atom stereocenters. The molecule has 0 spiro atoms. The van der Waals surface area contributed by atoms with E-state index in [4.69, 9.17) is 9.63 Å². The third kappa shape index (κ3) is 3.56. The average Bonchev–Trinajstić information content (AvgIpc) is 3.10. The molecule has 0 fully saturated rings. The fraction of sp³-hybridized carbons (Fsp3) is 0.278. The van der Waals surface area contributed by atoms with Crippen LogP contribution in [0.1, 0.15) is 46.0 Å². The molecule has 2 heterocycles. The summed E-state index contributed by atoms with van der Waals surface area (Å²) < 4.78 is 6.03. The van der Waals surface area contributed by atoms with Crippen molar-refractivity contribution in [3.8, 4) is 0 Å². The molecule has 0 aliphatic heterocycles. The third-order valence-corrected chi connectivity index (χ3v) is 5.19. The number of aryl methyl sites for hydroxylation is 2. The number of fused-ring (bicyclic) bond motifs is 1. The standard InChI is InChI=1S/C18H18N2O4S/c1-9(17-10(2)20-24-11(17)3)6-16(21)19-13-4-5-14-12(7-13)8-15(25-14)18(22)23/h4-5,7-9H,6H2,1-3H3,(H,19,21)(H,22,23). The van der Waals surface area contributed by atoms with Crippen molar-refractivity contribution in [1.82, 2.24) is 5.16 Å². The summed E-state index contributed by atoms with van der Waals surface area (Å²) in [6.07, 6.45) is 0.310. The third-order valence-electron chi connectivity index (χ3n) is 4.08. The van der Waals surface area contributed by atoms with Crippen molar-refractivity contribution in [3.05, 3.63) is 46.2 Å². The second kappa shape index (κ2) is 6.68. The number of carbonyl (C=O) groups is 2. The number of rotatable bonds is 5. The van der Waals surface area contributed by atoms with Gasteiger partial charge in [-0.1, -0.05) is 12.1 Å². The molecule has 7 heteroatoms. The van der Waals surface area contributed by atoms with Gasteiger partial charge in [0.15, 0.2) is 0 Å². The fourth-order valence-electron chi connectivity index (χ4n) is 3.01. The highest BCUT2D eigenvalue weighted by Crippen LogP contribution is 2.29. The van der Waals surface area contributed by atoms with Crippen LogP contribution in [0.3, 0.4) is 0 Å². The molecule has 2 aromatic heterocycles. The number of carboxylic acid groups (broad SMARTS) is 1. The van der Waals surface area contributed by atoms with Crippen molar-refractivity contribution in [2.75, 3.05) is 5.32 Å². The monoisotopic (exact) mass is 358 g/mol. The van der Waals surface area contributed by atoms with Gasteiger partial charge in [-0.15, -0.1) is 11.3 Å². The molecule has 0 aliphatic rings. The summed E-state index contributed by atoms with van der Waals surface area (Å²) in [5.74, 6) is -0.325. The number of hydrogen-bond donors (Lipinski definition) is 2. The Hall–Kier alpha value is -2.67. The van der Waals surface area contributed by atoms with Crippen LogP contribution in [0.15, 0.2) is 28.8 Å². The smallest absolute Gasteiger partial charge is 0.345 e. The van der Waals surface area contributed by atoms with Gasteiger partial charge < -0.3 is 14.9 Å². The minimum atomic E-state index is -0.944. The van der Waals surface area contributed by atoms with Crippen molar-refractivity contribution in [2.24, 2.45) is 0 Å². The summed E-state index contributed by atoms with van der Waals surface area (Å²) in [6.45, 7) is 5.67. The van der Waals surface area contributed by atoms with E-state index in [0.29, 0.717) is 12.1 Å². The van der Waals surface area contributed by atoms with E-state index in [1.54, 1.807) is 18.2 Å². The molecule has 130 valence electrons. The van der Waals surface area contributed by atoms with Gasteiger partial charge in [-0.3, -0.25) is 4.79 Å². The van der Waals surface area contributed by atoms with Gasteiger partial charge >= 0.3 is 5.97 Å².